The van der Waals surface area contributed by atoms with Crippen molar-refractivity contribution in [3.63, 3.8) is 0 Å². The molecule has 18 heavy (non-hydrogen) atoms. The minimum Gasteiger partial charge on any atom is -0.449 e. The molecule has 0 bridgehead atoms. The molecular weight excluding hydrogens is 305 g/mol. The van der Waals surface area contributed by atoms with Gasteiger partial charge in [0.1, 0.15) is 11.6 Å². The molecule has 2 rings (SSSR count). The Balaban J connectivity index is 2.42. The van der Waals surface area contributed by atoms with Crippen LogP contribution in [0.15, 0.2) is 46.9 Å². The molecule has 0 aliphatic carbocycles. The normalized spacial score (nSPS) is 10.1. The second-order valence-corrected chi connectivity index (χ2v) is 4.26. The highest BCUT2D eigenvalue weighted by atomic mass is 79.9. The molecule has 0 aromatic heterocycles. The van der Waals surface area contributed by atoms with Gasteiger partial charge >= 0.3 is 5.69 Å². The maximum Gasteiger partial charge on any atom is 0.311 e. The third-order valence-electron chi connectivity index (χ3n) is 2.18. The molecule has 2 aromatic carbocycles. The SMILES string of the molecule is O=[N+]([O-])c1ccc(F)cc1Oc1ccccc1Br. The van der Waals surface area contributed by atoms with Crippen molar-refractivity contribution in [2.45, 2.75) is 0 Å². The van der Waals surface area contributed by atoms with E-state index in [9.17, 15) is 14.5 Å². The largest absolute Gasteiger partial charge is 0.449 e. The zero-order valence-electron chi connectivity index (χ0n) is 8.97. The first kappa shape index (κ1) is 12.5. The van der Waals surface area contributed by atoms with Crippen LogP contribution in [-0.2, 0) is 0 Å². The third kappa shape index (κ3) is 2.65. The summed E-state index contributed by atoms with van der Waals surface area (Å²) in [5.74, 6) is -0.347. The molecule has 0 atom stereocenters. The number of nitro benzene ring substituents is 1. The second kappa shape index (κ2) is 5.14. The van der Waals surface area contributed by atoms with Crippen LogP contribution in [0.5, 0.6) is 11.5 Å². The first-order valence-corrected chi connectivity index (χ1v) is 5.73. The van der Waals surface area contributed by atoms with E-state index in [1.54, 1.807) is 24.3 Å². The molecular formula is C12H7BrFNO3. The smallest absolute Gasteiger partial charge is 0.311 e. The first-order chi connectivity index (χ1) is 8.58. The first-order valence-electron chi connectivity index (χ1n) is 4.94. The van der Waals surface area contributed by atoms with Crippen LogP contribution in [0.25, 0.3) is 0 Å². The molecule has 0 fully saturated rings. The van der Waals surface area contributed by atoms with Crippen LogP contribution in [0.2, 0.25) is 0 Å². The van der Waals surface area contributed by atoms with Crippen molar-refractivity contribution in [1.82, 2.24) is 0 Å². The zero-order chi connectivity index (χ0) is 13.1. The van der Waals surface area contributed by atoms with Crippen LogP contribution in [0.4, 0.5) is 10.1 Å². The number of ether oxygens (including phenoxy) is 1. The summed E-state index contributed by atoms with van der Waals surface area (Å²) in [4.78, 5) is 10.2. The molecule has 4 nitrogen and oxygen atoms in total. The lowest BCUT2D eigenvalue weighted by Gasteiger charge is -2.07. The Hall–Kier alpha value is -1.95. The topological polar surface area (TPSA) is 52.4 Å². The highest BCUT2D eigenvalue weighted by Crippen LogP contribution is 2.35. The lowest BCUT2D eigenvalue weighted by Crippen LogP contribution is -1.94. The summed E-state index contributed by atoms with van der Waals surface area (Å²) in [6.45, 7) is 0. The molecule has 0 unspecified atom stereocenters. The molecule has 0 spiro atoms. The van der Waals surface area contributed by atoms with E-state index in [0.717, 1.165) is 18.2 Å². The highest BCUT2D eigenvalue weighted by molar-refractivity contribution is 9.10. The van der Waals surface area contributed by atoms with Gasteiger partial charge in [-0.25, -0.2) is 4.39 Å². The maximum absolute atomic E-state index is 13.1. The lowest BCUT2D eigenvalue weighted by atomic mass is 10.3. The van der Waals surface area contributed by atoms with Gasteiger partial charge in [-0.1, -0.05) is 12.1 Å². The monoisotopic (exact) mass is 311 g/mol. The van der Waals surface area contributed by atoms with E-state index in [1.807, 2.05) is 0 Å². The molecule has 0 heterocycles. The molecule has 0 aliphatic rings. The number of hydrogen-bond donors (Lipinski definition) is 0. The van der Waals surface area contributed by atoms with Crippen LogP contribution in [0.1, 0.15) is 0 Å². The molecule has 2 aromatic rings. The third-order valence-corrected chi connectivity index (χ3v) is 2.83. The van der Waals surface area contributed by atoms with Gasteiger partial charge in [0.2, 0.25) is 5.75 Å². The van der Waals surface area contributed by atoms with E-state index >= 15 is 0 Å². The van der Waals surface area contributed by atoms with Gasteiger partial charge in [0.15, 0.2) is 0 Å². The highest BCUT2D eigenvalue weighted by Gasteiger charge is 2.17. The van der Waals surface area contributed by atoms with Crippen molar-refractivity contribution in [3.05, 3.63) is 62.9 Å². The molecule has 0 radical (unpaired) electrons. The molecule has 0 saturated carbocycles. The molecule has 0 N–H and O–H groups in total. The van der Waals surface area contributed by atoms with Crippen molar-refractivity contribution in [1.29, 1.82) is 0 Å². The fourth-order valence-corrected chi connectivity index (χ4v) is 1.73. The Morgan fingerprint density at radius 2 is 1.89 bits per heavy atom. The van der Waals surface area contributed by atoms with Crippen LogP contribution in [0.3, 0.4) is 0 Å². The minimum atomic E-state index is -0.619. The second-order valence-electron chi connectivity index (χ2n) is 3.40. The summed E-state index contributed by atoms with van der Waals surface area (Å²) in [6.07, 6.45) is 0. The minimum absolute atomic E-state index is 0.132. The fraction of sp³-hybridized carbons (Fsp3) is 0. The molecule has 0 amide bonds. The van der Waals surface area contributed by atoms with E-state index in [-0.39, 0.29) is 11.4 Å². The average Bonchev–Trinajstić information content (AvgIpc) is 2.32. The van der Waals surface area contributed by atoms with E-state index in [4.69, 9.17) is 4.74 Å². The van der Waals surface area contributed by atoms with Gasteiger partial charge in [-0.15, -0.1) is 0 Å². The van der Waals surface area contributed by atoms with Gasteiger partial charge in [-0.3, -0.25) is 10.1 Å². The van der Waals surface area contributed by atoms with Crippen molar-refractivity contribution in [2.75, 3.05) is 0 Å². The number of hydrogen-bond acceptors (Lipinski definition) is 3. The summed E-state index contributed by atoms with van der Waals surface area (Å²) >= 11 is 3.25. The van der Waals surface area contributed by atoms with Gasteiger partial charge in [-0.05, 0) is 34.1 Å². The van der Waals surface area contributed by atoms with Crippen LogP contribution >= 0.6 is 15.9 Å². The fourth-order valence-electron chi connectivity index (χ4n) is 1.37. The van der Waals surface area contributed by atoms with Crippen LogP contribution in [-0.4, -0.2) is 4.92 Å². The number of halogens is 2. The molecule has 0 saturated heterocycles. The Morgan fingerprint density at radius 3 is 2.56 bits per heavy atom. The van der Waals surface area contributed by atoms with Crippen LogP contribution < -0.4 is 4.74 Å². The van der Waals surface area contributed by atoms with Crippen LogP contribution in [0, 0.1) is 15.9 Å². The van der Waals surface area contributed by atoms with E-state index in [2.05, 4.69) is 15.9 Å². The van der Waals surface area contributed by atoms with Gasteiger partial charge in [-0.2, -0.15) is 0 Å². The van der Waals surface area contributed by atoms with Crippen molar-refractivity contribution >= 4 is 21.6 Å². The van der Waals surface area contributed by atoms with Gasteiger partial charge in [0.25, 0.3) is 0 Å². The van der Waals surface area contributed by atoms with Crippen molar-refractivity contribution in [2.24, 2.45) is 0 Å². The Kier molecular flexibility index (Phi) is 3.57. The zero-order valence-corrected chi connectivity index (χ0v) is 10.6. The summed E-state index contributed by atoms with van der Waals surface area (Å²) in [7, 11) is 0. The Labute approximate surface area is 110 Å². The van der Waals surface area contributed by atoms with Crippen molar-refractivity contribution in [3.8, 4) is 11.5 Å². The van der Waals surface area contributed by atoms with E-state index in [0.29, 0.717) is 10.2 Å². The number of para-hydroxylation sites is 1. The predicted octanol–water partition coefficient (Wildman–Crippen LogP) is 4.29. The number of benzene rings is 2. The quantitative estimate of drug-likeness (QED) is 0.627. The van der Waals surface area contributed by atoms with E-state index in [1.165, 1.54) is 0 Å². The molecule has 6 heteroatoms. The van der Waals surface area contributed by atoms with Crippen molar-refractivity contribution < 1.29 is 14.1 Å². The summed E-state index contributed by atoms with van der Waals surface area (Å²) in [5.41, 5.74) is -0.285. The number of nitrogens with zero attached hydrogens (tertiary/aromatic N) is 1. The Morgan fingerprint density at radius 1 is 1.17 bits per heavy atom. The van der Waals surface area contributed by atoms with Gasteiger partial charge < -0.3 is 4.74 Å². The summed E-state index contributed by atoms with van der Waals surface area (Å²) < 4.78 is 19.1. The van der Waals surface area contributed by atoms with Gasteiger partial charge in [0, 0.05) is 12.1 Å². The average molecular weight is 312 g/mol. The lowest BCUT2D eigenvalue weighted by molar-refractivity contribution is -0.385. The van der Waals surface area contributed by atoms with Gasteiger partial charge in [0.05, 0.1) is 9.40 Å². The number of rotatable bonds is 3. The Bertz CT molecular complexity index is 604. The summed E-state index contributed by atoms with van der Waals surface area (Å²) in [5, 5.41) is 10.8. The molecule has 0 aliphatic heterocycles. The standard InChI is InChI=1S/C12H7BrFNO3/c13-9-3-1-2-4-11(9)18-12-7-8(14)5-6-10(12)15(16)17/h1-7H. The summed E-state index contributed by atoms with van der Waals surface area (Å²) in [6, 6.07) is 9.91. The molecule has 92 valence electrons. The maximum atomic E-state index is 13.1. The predicted molar refractivity (Wildman–Crippen MR) is 67.3 cm³/mol. The number of nitro groups is 1. The van der Waals surface area contributed by atoms with E-state index < -0.39 is 10.7 Å².